The molecular weight excluding hydrogens is 376 g/mol. The lowest BCUT2D eigenvalue weighted by Crippen LogP contribution is -3.11. The van der Waals surface area contributed by atoms with E-state index in [4.69, 9.17) is 4.74 Å². The number of piperidine rings is 1. The summed E-state index contributed by atoms with van der Waals surface area (Å²) in [5.41, 5.74) is 3.16. The lowest BCUT2D eigenvalue weighted by Gasteiger charge is -2.29. The molecule has 3 aromatic rings. The van der Waals surface area contributed by atoms with Crippen LogP contribution in [0.4, 0.5) is 0 Å². The Labute approximate surface area is 176 Å². The Balaban J connectivity index is 1.49. The van der Waals surface area contributed by atoms with E-state index in [1.165, 1.54) is 23.8 Å². The van der Waals surface area contributed by atoms with Crippen molar-refractivity contribution in [2.75, 3.05) is 13.1 Å². The number of aryl methyl sites for hydroxylation is 1. The maximum Gasteiger partial charge on any atom is 0.231 e. The van der Waals surface area contributed by atoms with Gasteiger partial charge < -0.3 is 19.3 Å². The first-order valence-electron chi connectivity index (χ1n) is 10.7. The highest BCUT2D eigenvalue weighted by Crippen LogP contribution is 2.38. The number of aromatic nitrogens is 1. The number of likely N-dealkylation sites (tertiary alicyclic amines) is 1. The van der Waals surface area contributed by atoms with E-state index in [0.717, 1.165) is 35.5 Å². The van der Waals surface area contributed by atoms with Crippen LogP contribution in [0.15, 0.2) is 48.4 Å². The summed E-state index contributed by atoms with van der Waals surface area (Å²) in [6.07, 6.45) is 6.14. The van der Waals surface area contributed by atoms with E-state index in [2.05, 4.69) is 6.92 Å². The van der Waals surface area contributed by atoms with Gasteiger partial charge in [0.25, 0.3) is 0 Å². The van der Waals surface area contributed by atoms with Crippen LogP contribution in [-0.2, 0) is 13.6 Å². The van der Waals surface area contributed by atoms with Crippen LogP contribution in [0, 0.1) is 5.92 Å². The van der Waals surface area contributed by atoms with Gasteiger partial charge in [-0.05, 0) is 37.0 Å². The Morgan fingerprint density at radius 1 is 1.20 bits per heavy atom. The minimum Gasteiger partial charge on any atom is -0.872 e. The molecule has 5 nitrogen and oxygen atoms in total. The number of ether oxygens (including phenoxy) is 1. The number of carbonyl (C=O) groups is 1. The van der Waals surface area contributed by atoms with Crippen LogP contribution in [-0.4, -0.2) is 23.4 Å². The maximum absolute atomic E-state index is 13.0. The zero-order valence-electron chi connectivity index (χ0n) is 17.4. The Morgan fingerprint density at radius 3 is 2.77 bits per heavy atom. The molecule has 0 saturated carbocycles. The van der Waals surface area contributed by atoms with Gasteiger partial charge in [0.05, 0.1) is 18.7 Å². The SMILES string of the molecule is CC1CC[NH+](Cc2c([O-])ccc3c2O/C(=C\c2cn(C)c4ccccc24)C3=O)CC1. The van der Waals surface area contributed by atoms with E-state index < -0.39 is 0 Å². The highest BCUT2D eigenvalue weighted by molar-refractivity contribution is 6.15. The molecule has 1 saturated heterocycles. The van der Waals surface area contributed by atoms with Crippen molar-refractivity contribution >= 4 is 22.8 Å². The smallest absolute Gasteiger partial charge is 0.231 e. The van der Waals surface area contributed by atoms with Gasteiger partial charge in [-0.3, -0.25) is 4.79 Å². The van der Waals surface area contributed by atoms with Gasteiger partial charge >= 0.3 is 0 Å². The Hall–Kier alpha value is -3.05. The van der Waals surface area contributed by atoms with Crippen molar-refractivity contribution in [1.29, 1.82) is 0 Å². The lowest BCUT2D eigenvalue weighted by molar-refractivity contribution is -0.919. The van der Waals surface area contributed by atoms with Gasteiger partial charge in [0.1, 0.15) is 12.3 Å². The van der Waals surface area contributed by atoms with Gasteiger partial charge in [0.15, 0.2) is 5.76 Å². The van der Waals surface area contributed by atoms with E-state index in [9.17, 15) is 9.90 Å². The zero-order chi connectivity index (χ0) is 20.8. The second-order valence-corrected chi connectivity index (χ2v) is 8.68. The normalized spacial score (nSPS) is 22.5. The molecule has 5 heteroatoms. The predicted octanol–water partition coefficient (Wildman–Crippen LogP) is 2.68. The first-order chi connectivity index (χ1) is 14.5. The molecule has 1 aromatic heterocycles. The molecule has 1 N–H and O–H groups in total. The molecule has 2 aliphatic rings. The average Bonchev–Trinajstić information content (AvgIpc) is 3.23. The quantitative estimate of drug-likeness (QED) is 0.686. The molecule has 0 amide bonds. The monoisotopic (exact) mass is 402 g/mol. The van der Waals surface area contributed by atoms with E-state index in [0.29, 0.717) is 23.4 Å². The number of hydrogen-bond acceptors (Lipinski definition) is 3. The molecule has 5 rings (SSSR count). The number of rotatable bonds is 3. The number of ketones is 1. The molecule has 2 aliphatic heterocycles. The first-order valence-corrected chi connectivity index (χ1v) is 10.7. The minimum atomic E-state index is -0.151. The largest absolute Gasteiger partial charge is 0.872 e. The second kappa shape index (κ2) is 7.33. The molecule has 30 heavy (non-hydrogen) atoms. The van der Waals surface area contributed by atoms with Crippen molar-refractivity contribution in [3.8, 4) is 11.5 Å². The van der Waals surface area contributed by atoms with Crippen molar-refractivity contribution in [3.05, 3.63) is 65.0 Å². The van der Waals surface area contributed by atoms with Gasteiger partial charge in [0.2, 0.25) is 5.78 Å². The molecule has 0 bridgehead atoms. The summed E-state index contributed by atoms with van der Waals surface area (Å²) in [6, 6.07) is 11.2. The van der Waals surface area contributed by atoms with Crippen LogP contribution >= 0.6 is 0 Å². The van der Waals surface area contributed by atoms with Gasteiger partial charge in [-0.1, -0.05) is 36.9 Å². The van der Waals surface area contributed by atoms with E-state index >= 15 is 0 Å². The third-order valence-corrected chi connectivity index (χ3v) is 6.52. The standard InChI is InChI=1S/C25H26N2O3/c1-16-9-11-27(12-10-16)15-20-22(28)8-7-19-24(29)23(30-25(19)20)13-17-14-26(2)21-6-4-3-5-18(17)21/h3-8,13-14,16,28H,9-12,15H2,1-2H3/b23-13-. The molecule has 2 aromatic carbocycles. The van der Waals surface area contributed by atoms with Gasteiger partial charge in [-0.15, -0.1) is 0 Å². The van der Waals surface area contributed by atoms with Crippen molar-refractivity contribution in [2.24, 2.45) is 13.0 Å². The molecule has 0 atom stereocenters. The topological polar surface area (TPSA) is 58.7 Å². The number of carbonyl (C=O) groups excluding carboxylic acids is 1. The molecule has 0 unspecified atom stereocenters. The summed E-state index contributed by atoms with van der Waals surface area (Å²) in [7, 11) is 1.99. The predicted molar refractivity (Wildman–Crippen MR) is 115 cm³/mol. The number of nitrogens with one attached hydrogen (secondary N) is 1. The average molecular weight is 402 g/mol. The molecule has 0 radical (unpaired) electrons. The van der Waals surface area contributed by atoms with E-state index in [1.54, 1.807) is 12.1 Å². The summed E-state index contributed by atoms with van der Waals surface area (Å²) in [6.45, 7) is 5.00. The van der Waals surface area contributed by atoms with Gasteiger partial charge in [-0.2, -0.15) is 0 Å². The highest BCUT2D eigenvalue weighted by atomic mass is 16.5. The van der Waals surface area contributed by atoms with E-state index in [-0.39, 0.29) is 17.3 Å². The third-order valence-electron chi connectivity index (χ3n) is 6.52. The van der Waals surface area contributed by atoms with Crippen molar-refractivity contribution in [1.82, 2.24) is 4.57 Å². The van der Waals surface area contributed by atoms with Crippen LogP contribution in [0.3, 0.4) is 0 Å². The summed E-state index contributed by atoms with van der Waals surface area (Å²) in [5.74, 6) is 1.30. The van der Waals surface area contributed by atoms with Crippen LogP contribution < -0.4 is 14.7 Å². The van der Waals surface area contributed by atoms with Crippen molar-refractivity contribution in [3.63, 3.8) is 0 Å². The fourth-order valence-corrected chi connectivity index (χ4v) is 4.68. The minimum absolute atomic E-state index is 0.0425. The Kier molecular flexibility index (Phi) is 4.63. The molecule has 154 valence electrons. The van der Waals surface area contributed by atoms with Crippen LogP contribution in [0.25, 0.3) is 17.0 Å². The Morgan fingerprint density at radius 2 is 1.97 bits per heavy atom. The Bertz CT molecular complexity index is 1170. The van der Waals surface area contributed by atoms with Gasteiger partial charge in [-0.25, -0.2) is 0 Å². The summed E-state index contributed by atoms with van der Waals surface area (Å²) in [5, 5.41) is 13.7. The summed E-state index contributed by atoms with van der Waals surface area (Å²) < 4.78 is 8.08. The fraction of sp³-hybridized carbons (Fsp3) is 0.320. The van der Waals surface area contributed by atoms with Crippen LogP contribution in [0.2, 0.25) is 0 Å². The zero-order valence-corrected chi connectivity index (χ0v) is 17.4. The highest BCUT2D eigenvalue weighted by Gasteiger charge is 2.32. The number of quaternary nitrogens is 1. The number of para-hydroxylation sites is 1. The van der Waals surface area contributed by atoms with Gasteiger partial charge in [0, 0.05) is 35.3 Å². The molecule has 0 spiro atoms. The second-order valence-electron chi connectivity index (χ2n) is 8.68. The lowest BCUT2D eigenvalue weighted by atomic mass is 9.98. The van der Waals surface area contributed by atoms with E-state index in [1.807, 2.05) is 42.1 Å². The number of benzene rings is 2. The molecule has 1 fully saturated rings. The number of allylic oxidation sites excluding steroid dienone is 1. The summed E-state index contributed by atoms with van der Waals surface area (Å²) >= 11 is 0. The van der Waals surface area contributed by atoms with Crippen LogP contribution in [0.1, 0.15) is 41.3 Å². The number of fused-ring (bicyclic) bond motifs is 2. The molecule has 3 heterocycles. The number of Topliss-reactive ketones (excluding diaryl/α,β-unsaturated/α-hetero) is 1. The maximum atomic E-state index is 13.0. The fourth-order valence-electron chi connectivity index (χ4n) is 4.68. The summed E-state index contributed by atoms with van der Waals surface area (Å²) in [4.78, 5) is 14.4. The van der Waals surface area contributed by atoms with Crippen LogP contribution in [0.5, 0.6) is 11.5 Å². The number of hydrogen-bond donors (Lipinski definition) is 1. The molecule has 0 aliphatic carbocycles. The van der Waals surface area contributed by atoms with Crippen molar-refractivity contribution < 1.29 is 19.5 Å². The third kappa shape index (κ3) is 3.19. The van der Waals surface area contributed by atoms with Crippen molar-refractivity contribution in [2.45, 2.75) is 26.3 Å². The molecular formula is C25H26N2O3. The number of nitrogens with zero attached hydrogens (tertiary/aromatic N) is 1. The first kappa shape index (κ1) is 18.9.